The van der Waals surface area contributed by atoms with Crippen molar-refractivity contribution < 1.29 is 9.53 Å². The number of carbonyl (C=O) groups is 1. The number of alkyl halides is 1. The zero-order chi connectivity index (χ0) is 11.4. The van der Waals surface area contributed by atoms with Gasteiger partial charge in [-0.3, -0.25) is 0 Å². The summed E-state index contributed by atoms with van der Waals surface area (Å²) in [6.45, 7) is 3.62. The maximum absolute atomic E-state index is 11.7. The Morgan fingerprint density at radius 3 is 2.73 bits per heavy atom. The number of hydrogen-bond donors (Lipinski definition) is 1. The Morgan fingerprint density at radius 1 is 1.53 bits per heavy atom. The highest BCUT2D eigenvalue weighted by Crippen LogP contribution is 2.21. The van der Waals surface area contributed by atoms with Gasteiger partial charge in [0.2, 0.25) is 0 Å². The Balaban J connectivity index is 3.06. The molecule has 1 rings (SSSR count). The SMILES string of the molecule is CC(C)OC(=O)c1c(N)cccc1CBr. The number of nitrogens with two attached hydrogens (primary N) is 1. The predicted molar refractivity (Wildman–Crippen MR) is 64.0 cm³/mol. The van der Waals surface area contributed by atoms with Crippen molar-refractivity contribution in [1.82, 2.24) is 0 Å². The lowest BCUT2D eigenvalue weighted by atomic mass is 10.1. The highest BCUT2D eigenvalue weighted by Gasteiger charge is 2.16. The van der Waals surface area contributed by atoms with E-state index in [1.165, 1.54) is 0 Å². The molecule has 0 amide bonds. The largest absolute Gasteiger partial charge is 0.459 e. The summed E-state index contributed by atoms with van der Waals surface area (Å²) in [7, 11) is 0. The maximum atomic E-state index is 11.7. The molecule has 1 aromatic carbocycles. The van der Waals surface area contributed by atoms with Crippen LogP contribution in [0, 0.1) is 0 Å². The van der Waals surface area contributed by atoms with E-state index < -0.39 is 0 Å². The van der Waals surface area contributed by atoms with Gasteiger partial charge < -0.3 is 10.5 Å². The fraction of sp³-hybridized carbons (Fsp3) is 0.364. The van der Waals surface area contributed by atoms with Crippen molar-refractivity contribution in [2.24, 2.45) is 0 Å². The molecule has 0 aliphatic rings. The average molecular weight is 272 g/mol. The third-order valence-corrected chi connectivity index (χ3v) is 2.48. The predicted octanol–water partition coefficient (Wildman–Crippen LogP) is 2.73. The summed E-state index contributed by atoms with van der Waals surface area (Å²) in [4.78, 5) is 11.7. The summed E-state index contributed by atoms with van der Waals surface area (Å²) in [5, 5.41) is 0.584. The number of rotatable bonds is 3. The van der Waals surface area contributed by atoms with E-state index in [1.54, 1.807) is 6.07 Å². The van der Waals surface area contributed by atoms with Crippen LogP contribution in [0.3, 0.4) is 0 Å². The molecule has 0 aliphatic carbocycles. The lowest BCUT2D eigenvalue weighted by Crippen LogP contribution is -2.15. The van der Waals surface area contributed by atoms with Crippen molar-refractivity contribution in [1.29, 1.82) is 0 Å². The number of anilines is 1. The number of esters is 1. The van der Waals surface area contributed by atoms with Gasteiger partial charge in [-0.1, -0.05) is 28.1 Å². The maximum Gasteiger partial charge on any atom is 0.340 e. The first kappa shape index (κ1) is 12.0. The number of benzene rings is 1. The minimum atomic E-state index is -0.363. The van der Waals surface area contributed by atoms with E-state index in [4.69, 9.17) is 10.5 Å². The van der Waals surface area contributed by atoms with Crippen molar-refractivity contribution in [3.8, 4) is 0 Å². The number of nitrogen functional groups attached to an aromatic ring is 1. The number of carbonyl (C=O) groups excluding carboxylic acids is 1. The van der Waals surface area contributed by atoms with Gasteiger partial charge in [0, 0.05) is 11.0 Å². The van der Waals surface area contributed by atoms with E-state index in [9.17, 15) is 4.79 Å². The van der Waals surface area contributed by atoms with Crippen molar-refractivity contribution in [3.05, 3.63) is 29.3 Å². The standard InChI is InChI=1S/C11H14BrNO2/c1-7(2)15-11(14)10-8(6-12)4-3-5-9(10)13/h3-5,7H,6,13H2,1-2H3. The van der Waals surface area contributed by atoms with Crippen molar-refractivity contribution in [2.75, 3.05) is 5.73 Å². The molecule has 0 fully saturated rings. The van der Waals surface area contributed by atoms with Crippen LogP contribution in [0.15, 0.2) is 18.2 Å². The summed E-state index contributed by atoms with van der Waals surface area (Å²) in [6.07, 6.45) is -0.139. The molecule has 0 aliphatic heterocycles. The molecule has 0 aromatic heterocycles. The first-order valence-electron chi connectivity index (χ1n) is 4.70. The van der Waals surface area contributed by atoms with Crippen LogP contribution in [-0.2, 0) is 10.1 Å². The van der Waals surface area contributed by atoms with Gasteiger partial charge in [0.1, 0.15) is 0 Å². The molecule has 4 heteroatoms. The topological polar surface area (TPSA) is 52.3 Å². The summed E-state index contributed by atoms with van der Waals surface area (Å²) in [6, 6.07) is 5.36. The van der Waals surface area contributed by atoms with E-state index in [1.807, 2.05) is 26.0 Å². The van der Waals surface area contributed by atoms with Crippen molar-refractivity contribution in [3.63, 3.8) is 0 Å². The van der Waals surface area contributed by atoms with Crippen molar-refractivity contribution >= 4 is 27.6 Å². The van der Waals surface area contributed by atoms with Gasteiger partial charge in [-0.25, -0.2) is 4.79 Å². The minimum absolute atomic E-state index is 0.139. The summed E-state index contributed by atoms with van der Waals surface area (Å²) in [5.41, 5.74) is 7.52. The zero-order valence-electron chi connectivity index (χ0n) is 8.79. The Bertz CT molecular complexity index is 364. The minimum Gasteiger partial charge on any atom is -0.459 e. The second-order valence-electron chi connectivity index (χ2n) is 3.47. The van der Waals surface area contributed by atoms with Crippen LogP contribution in [0.2, 0.25) is 0 Å². The van der Waals surface area contributed by atoms with E-state index in [-0.39, 0.29) is 12.1 Å². The quantitative estimate of drug-likeness (QED) is 0.523. The van der Waals surface area contributed by atoms with Gasteiger partial charge in [-0.05, 0) is 25.5 Å². The Hall–Kier alpha value is -1.03. The molecule has 0 heterocycles. The van der Waals surface area contributed by atoms with Gasteiger partial charge in [0.25, 0.3) is 0 Å². The van der Waals surface area contributed by atoms with E-state index in [0.29, 0.717) is 16.6 Å². The van der Waals surface area contributed by atoms with Crippen LogP contribution in [0.25, 0.3) is 0 Å². The van der Waals surface area contributed by atoms with E-state index >= 15 is 0 Å². The molecule has 82 valence electrons. The third-order valence-electron chi connectivity index (χ3n) is 1.87. The molecule has 15 heavy (non-hydrogen) atoms. The third kappa shape index (κ3) is 2.96. The zero-order valence-corrected chi connectivity index (χ0v) is 10.4. The molecule has 3 nitrogen and oxygen atoms in total. The summed E-state index contributed by atoms with van der Waals surface area (Å²) < 4.78 is 5.12. The van der Waals surface area contributed by atoms with Crippen LogP contribution in [0.5, 0.6) is 0 Å². The second kappa shape index (κ2) is 5.16. The Kier molecular flexibility index (Phi) is 4.15. The molecular formula is C11H14BrNO2. The lowest BCUT2D eigenvalue weighted by molar-refractivity contribution is 0.0378. The molecule has 0 bridgehead atoms. The normalized spacial score (nSPS) is 10.4. The highest BCUT2D eigenvalue weighted by molar-refractivity contribution is 9.08. The Labute approximate surface area is 97.7 Å². The molecule has 0 atom stereocenters. The van der Waals surface area contributed by atoms with Crippen molar-refractivity contribution in [2.45, 2.75) is 25.3 Å². The van der Waals surface area contributed by atoms with Crippen LogP contribution in [0.1, 0.15) is 29.8 Å². The molecule has 0 unspecified atom stereocenters. The molecule has 0 saturated carbocycles. The van der Waals surface area contributed by atoms with Crippen LogP contribution in [-0.4, -0.2) is 12.1 Å². The van der Waals surface area contributed by atoms with Gasteiger partial charge in [0.15, 0.2) is 0 Å². The van der Waals surface area contributed by atoms with Gasteiger partial charge >= 0.3 is 5.97 Å². The van der Waals surface area contributed by atoms with Gasteiger partial charge in [-0.2, -0.15) is 0 Å². The molecule has 2 N–H and O–H groups in total. The first-order chi connectivity index (χ1) is 7.06. The summed E-state index contributed by atoms with van der Waals surface area (Å²) in [5.74, 6) is -0.363. The monoisotopic (exact) mass is 271 g/mol. The summed E-state index contributed by atoms with van der Waals surface area (Å²) >= 11 is 3.31. The lowest BCUT2D eigenvalue weighted by Gasteiger charge is -2.12. The first-order valence-corrected chi connectivity index (χ1v) is 5.82. The molecule has 0 saturated heterocycles. The molecular weight excluding hydrogens is 258 g/mol. The molecule has 1 aromatic rings. The second-order valence-corrected chi connectivity index (χ2v) is 4.03. The number of hydrogen-bond acceptors (Lipinski definition) is 3. The van der Waals surface area contributed by atoms with Crippen LogP contribution in [0.4, 0.5) is 5.69 Å². The fourth-order valence-electron chi connectivity index (χ4n) is 1.25. The Morgan fingerprint density at radius 2 is 2.20 bits per heavy atom. The fourth-order valence-corrected chi connectivity index (χ4v) is 1.72. The number of halogens is 1. The van der Waals surface area contributed by atoms with Crippen LogP contribution >= 0.6 is 15.9 Å². The van der Waals surface area contributed by atoms with Crippen LogP contribution < -0.4 is 5.73 Å². The smallest absolute Gasteiger partial charge is 0.340 e. The highest BCUT2D eigenvalue weighted by atomic mass is 79.9. The molecule has 0 spiro atoms. The number of ether oxygens (including phenoxy) is 1. The average Bonchev–Trinajstić information content (AvgIpc) is 2.15. The molecule has 0 radical (unpaired) electrons. The van der Waals surface area contributed by atoms with E-state index in [0.717, 1.165) is 5.56 Å². The van der Waals surface area contributed by atoms with Gasteiger partial charge in [-0.15, -0.1) is 0 Å². The van der Waals surface area contributed by atoms with Gasteiger partial charge in [0.05, 0.1) is 11.7 Å². The van der Waals surface area contributed by atoms with E-state index in [2.05, 4.69) is 15.9 Å².